The molecule has 0 saturated carbocycles. The topological polar surface area (TPSA) is 24.5 Å². The van der Waals surface area contributed by atoms with E-state index in [0.717, 1.165) is 19.6 Å². The maximum Gasteiger partial charge on any atom is 0.0777 e. The van der Waals surface area contributed by atoms with Crippen molar-refractivity contribution in [3.63, 3.8) is 0 Å². The van der Waals surface area contributed by atoms with E-state index in [4.69, 9.17) is 4.74 Å². The number of piperidine rings is 1. The second-order valence-electron chi connectivity index (χ2n) is 6.30. The van der Waals surface area contributed by atoms with E-state index >= 15 is 0 Å². The summed E-state index contributed by atoms with van der Waals surface area (Å²) in [4.78, 5) is 2.57. The van der Waals surface area contributed by atoms with Gasteiger partial charge in [-0.05, 0) is 45.2 Å². The average Bonchev–Trinajstić information content (AvgIpc) is 2.34. The summed E-state index contributed by atoms with van der Waals surface area (Å²) in [5, 5.41) is 3.68. The third kappa shape index (κ3) is 4.87. The van der Waals surface area contributed by atoms with Gasteiger partial charge in [0.2, 0.25) is 0 Å². The molecule has 0 radical (unpaired) electrons. The van der Waals surface area contributed by atoms with Gasteiger partial charge in [0.25, 0.3) is 0 Å². The molecule has 1 aliphatic rings. The molecule has 1 aliphatic heterocycles. The van der Waals surface area contributed by atoms with Gasteiger partial charge in [0.1, 0.15) is 0 Å². The van der Waals surface area contributed by atoms with Crippen LogP contribution in [0.5, 0.6) is 0 Å². The molecule has 0 aromatic carbocycles. The van der Waals surface area contributed by atoms with Crippen LogP contribution in [0.3, 0.4) is 0 Å². The number of methoxy groups -OCH3 is 1. The van der Waals surface area contributed by atoms with Gasteiger partial charge >= 0.3 is 0 Å². The lowest BCUT2D eigenvalue weighted by molar-refractivity contribution is -0.0532. The first-order chi connectivity index (χ1) is 8.50. The van der Waals surface area contributed by atoms with Gasteiger partial charge in [-0.2, -0.15) is 0 Å². The first kappa shape index (κ1) is 15.9. The van der Waals surface area contributed by atoms with Gasteiger partial charge in [-0.15, -0.1) is 0 Å². The SMILES string of the molecule is CCCNC(CN1CCCC(C)(OC)C1)C(C)C. The highest BCUT2D eigenvalue weighted by Crippen LogP contribution is 2.24. The molecule has 0 spiro atoms. The Bertz CT molecular complexity index is 233. The van der Waals surface area contributed by atoms with Crippen molar-refractivity contribution in [1.82, 2.24) is 10.2 Å². The molecule has 1 fully saturated rings. The summed E-state index contributed by atoms with van der Waals surface area (Å²) in [6.07, 6.45) is 3.65. The molecule has 2 atom stereocenters. The van der Waals surface area contributed by atoms with Crippen LogP contribution in [-0.2, 0) is 4.74 Å². The van der Waals surface area contributed by atoms with Crippen molar-refractivity contribution in [2.24, 2.45) is 5.92 Å². The third-order valence-electron chi connectivity index (χ3n) is 4.15. The summed E-state index contributed by atoms with van der Waals surface area (Å²) < 4.78 is 5.67. The van der Waals surface area contributed by atoms with E-state index in [9.17, 15) is 0 Å². The van der Waals surface area contributed by atoms with Gasteiger partial charge in [0.05, 0.1) is 5.60 Å². The second kappa shape index (κ2) is 7.46. The Morgan fingerprint density at radius 1 is 1.39 bits per heavy atom. The fraction of sp³-hybridized carbons (Fsp3) is 1.00. The Labute approximate surface area is 113 Å². The van der Waals surface area contributed by atoms with E-state index in [-0.39, 0.29) is 5.60 Å². The number of nitrogens with zero attached hydrogens (tertiary/aromatic N) is 1. The van der Waals surface area contributed by atoms with Gasteiger partial charge in [0, 0.05) is 26.2 Å². The van der Waals surface area contributed by atoms with Crippen molar-refractivity contribution in [3.8, 4) is 0 Å². The van der Waals surface area contributed by atoms with Crippen LogP contribution in [0.15, 0.2) is 0 Å². The molecule has 108 valence electrons. The number of hydrogen-bond donors (Lipinski definition) is 1. The van der Waals surface area contributed by atoms with E-state index in [2.05, 4.69) is 37.9 Å². The standard InChI is InChI=1S/C15H32N2O/c1-6-9-16-14(13(2)3)11-17-10-7-8-15(4,12-17)18-5/h13-14,16H,6-12H2,1-5H3. The van der Waals surface area contributed by atoms with E-state index in [1.807, 2.05) is 7.11 Å². The Hall–Kier alpha value is -0.120. The largest absolute Gasteiger partial charge is 0.377 e. The van der Waals surface area contributed by atoms with E-state index < -0.39 is 0 Å². The monoisotopic (exact) mass is 256 g/mol. The van der Waals surface area contributed by atoms with Crippen LogP contribution in [0, 0.1) is 5.92 Å². The molecule has 0 amide bonds. The molecule has 0 aromatic heterocycles. The fourth-order valence-corrected chi connectivity index (χ4v) is 2.75. The summed E-state index contributed by atoms with van der Waals surface area (Å²) in [7, 11) is 1.85. The zero-order valence-corrected chi connectivity index (χ0v) is 13.0. The highest BCUT2D eigenvalue weighted by Gasteiger charge is 2.31. The maximum atomic E-state index is 5.67. The van der Waals surface area contributed by atoms with Crippen molar-refractivity contribution in [2.45, 2.75) is 58.6 Å². The second-order valence-corrected chi connectivity index (χ2v) is 6.30. The first-order valence-corrected chi connectivity index (χ1v) is 7.51. The van der Waals surface area contributed by atoms with Crippen LogP contribution in [0.1, 0.15) is 47.0 Å². The number of ether oxygens (including phenoxy) is 1. The molecule has 2 unspecified atom stereocenters. The molecule has 3 nitrogen and oxygen atoms in total. The number of rotatable bonds is 7. The van der Waals surface area contributed by atoms with Gasteiger partial charge < -0.3 is 10.1 Å². The minimum Gasteiger partial charge on any atom is -0.377 e. The third-order valence-corrected chi connectivity index (χ3v) is 4.15. The minimum atomic E-state index is 0.0601. The molecule has 3 heteroatoms. The lowest BCUT2D eigenvalue weighted by Gasteiger charge is -2.41. The van der Waals surface area contributed by atoms with Crippen molar-refractivity contribution in [2.75, 3.05) is 33.3 Å². The van der Waals surface area contributed by atoms with Gasteiger partial charge in [-0.25, -0.2) is 0 Å². The van der Waals surface area contributed by atoms with Crippen LogP contribution in [0.4, 0.5) is 0 Å². The van der Waals surface area contributed by atoms with E-state index in [0.29, 0.717) is 12.0 Å². The molecule has 1 rings (SSSR count). The molecular formula is C15H32N2O. The fourth-order valence-electron chi connectivity index (χ4n) is 2.75. The Morgan fingerprint density at radius 2 is 2.11 bits per heavy atom. The number of hydrogen-bond acceptors (Lipinski definition) is 3. The predicted molar refractivity (Wildman–Crippen MR) is 78.0 cm³/mol. The van der Waals surface area contributed by atoms with Crippen LogP contribution in [0.25, 0.3) is 0 Å². The molecule has 0 aromatic rings. The molecule has 0 aliphatic carbocycles. The normalized spacial score (nSPS) is 27.7. The minimum absolute atomic E-state index is 0.0601. The molecular weight excluding hydrogens is 224 g/mol. The highest BCUT2D eigenvalue weighted by molar-refractivity contribution is 4.87. The zero-order valence-electron chi connectivity index (χ0n) is 13.0. The highest BCUT2D eigenvalue weighted by atomic mass is 16.5. The molecule has 0 bridgehead atoms. The molecule has 18 heavy (non-hydrogen) atoms. The molecule has 1 saturated heterocycles. The van der Waals surface area contributed by atoms with Crippen LogP contribution in [0.2, 0.25) is 0 Å². The first-order valence-electron chi connectivity index (χ1n) is 7.51. The van der Waals surface area contributed by atoms with Gasteiger partial charge in [-0.3, -0.25) is 4.90 Å². The van der Waals surface area contributed by atoms with E-state index in [1.165, 1.54) is 25.8 Å². The number of nitrogens with one attached hydrogen (secondary N) is 1. The lowest BCUT2D eigenvalue weighted by atomic mass is 9.93. The van der Waals surface area contributed by atoms with E-state index in [1.54, 1.807) is 0 Å². The quantitative estimate of drug-likeness (QED) is 0.757. The van der Waals surface area contributed by atoms with Crippen molar-refractivity contribution >= 4 is 0 Å². The Morgan fingerprint density at radius 3 is 2.67 bits per heavy atom. The van der Waals surface area contributed by atoms with Crippen LogP contribution < -0.4 is 5.32 Å². The number of likely N-dealkylation sites (tertiary alicyclic amines) is 1. The zero-order chi connectivity index (χ0) is 13.6. The summed E-state index contributed by atoms with van der Waals surface area (Å²) in [6, 6.07) is 0.601. The smallest absolute Gasteiger partial charge is 0.0777 e. The summed E-state index contributed by atoms with van der Waals surface area (Å²) >= 11 is 0. The van der Waals surface area contributed by atoms with Crippen molar-refractivity contribution < 1.29 is 4.74 Å². The molecule has 1 heterocycles. The predicted octanol–water partition coefficient (Wildman–Crippen LogP) is 2.51. The van der Waals surface area contributed by atoms with Gasteiger partial charge in [-0.1, -0.05) is 20.8 Å². The van der Waals surface area contributed by atoms with Crippen molar-refractivity contribution in [3.05, 3.63) is 0 Å². The van der Waals surface area contributed by atoms with Gasteiger partial charge in [0.15, 0.2) is 0 Å². The molecule has 1 N–H and O–H groups in total. The summed E-state index contributed by atoms with van der Waals surface area (Å²) in [5.41, 5.74) is 0.0601. The average molecular weight is 256 g/mol. The van der Waals surface area contributed by atoms with Crippen LogP contribution in [-0.4, -0.2) is 49.8 Å². The summed E-state index contributed by atoms with van der Waals surface area (Å²) in [5.74, 6) is 0.687. The lowest BCUT2D eigenvalue weighted by Crippen LogP contribution is -2.52. The maximum absolute atomic E-state index is 5.67. The van der Waals surface area contributed by atoms with Crippen molar-refractivity contribution in [1.29, 1.82) is 0 Å². The Kier molecular flexibility index (Phi) is 6.61. The summed E-state index contributed by atoms with van der Waals surface area (Å²) in [6.45, 7) is 13.7. The Balaban J connectivity index is 2.47. The van der Waals surface area contributed by atoms with Crippen LogP contribution >= 0.6 is 0 Å².